The highest BCUT2D eigenvalue weighted by atomic mass is 19.2. The molecule has 4 rings (SSSR count). The van der Waals surface area contributed by atoms with E-state index in [9.17, 15) is 18.4 Å². The van der Waals surface area contributed by atoms with Crippen LogP contribution in [0.3, 0.4) is 0 Å². The smallest absolute Gasteiger partial charge is 0.220 e. The molecule has 1 N–H and O–H groups in total. The second-order valence-corrected chi connectivity index (χ2v) is 8.26. The molecule has 4 nitrogen and oxygen atoms in total. The van der Waals surface area contributed by atoms with Gasteiger partial charge in [-0.15, -0.1) is 0 Å². The molecule has 0 bridgehead atoms. The van der Waals surface area contributed by atoms with Crippen molar-refractivity contribution in [2.45, 2.75) is 38.5 Å². The second-order valence-electron chi connectivity index (χ2n) is 8.26. The Morgan fingerprint density at radius 1 is 1.00 bits per heavy atom. The number of benzene rings is 2. The number of hydrogen-bond donors (Lipinski definition) is 1. The number of ketones is 1. The van der Waals surface area contributed by atoms with Crippen LogP contribution in [0.4, 0.5) is 14.5 Å². The lowest BCUT2D eigenvalue weighted by Gasteiger charge is -2.19. The maximum atomic E-state index is 13.4. The highest BCUT2D eigenvalue weighted by Crippen LogP contribution is 2.25. The SMILES string of the molecule is O=C(CCC(=O)c1ccc2c(c1)CCC2)NCC1CCN(c2ccc(F)c(F)c2)C1. The van der Waals surface area contributed by atoms with Gasteiger partial charge in [-0.2, -0.15) is 0 Å². The summed E-state index contributed by atoms with van der Waals surface area (Å²) in [5.74, 6) is -1.58. The Kier molecular flexibility index (Phi) is 6.11. The molecular formula is C24H26F2N2O2. The molecule has 1 saturated heterocycles. The molecule has 1 unspecified atom stereocenters. The quantitative estimate of drug-likeness (QED) is 0.698. The van der Waals surface area contributed by atoms with Crippen LogP contribution in [0.15, 0.2) is 36.4 Å². The lowest BCUT2D eigenvalue weighted by Crippen LogP contribution is -2.31. The van der Waals surface area contributed by atoms with Crippen molar-refractivity contribution in [2.24, 2.45) is 5.92 Å². The number of fused-ring (bicyclic) bond motifs is 1. The fourth-order valence-corrected chi connectivity index (χ4v) is 4.38. The van der Waals surface area contributed by atoms with Crippen molar-refractivity contribution in [1.82, 2.24) is 5.32 Å². The Morgan fingerprint density at radius 2 is 1.83 bits per heavy atom. The van der Waals surface area contributed by atoms with E-state index in [0.717, 1.165) is 38.3 Å². The number of Topliss-reactive ketones (excluding diaryl/α,β-unsaturated/α-hetero) is 1. The number of hydrogen-bond acceptors (Lipinski definition) is 3. The minimum Gasteiger partial charge on any atom is -0.371 e. The zero-order valence-electron chi connectivity index (χ0n) is 16.9. The number of carbonyl (C=O) groups excluding carboxylic acids is 2. The Bertz CT molecular complexity index is 960. The first-order valence-corrected chi connectivity index (χ1v) is 10.6. The molecule has 1 amide bonds. The molecule has 0 aromatic heterocycles. The molecule has 158 valence electrons. The molecular weight excluding hydrogens is 386 g/mol. The van der Waals surface area contributed by atoms with Crippen molar-refractivity contribution in [2.75, 3.05) is 24.5 Å². The molecule has 2 aliphatic rings. The van der Waals surface area contributed by atoms with Crippen molar-refractivity contribution in [1.29, 1.82) is 0 Å². The van der Waals surface area contributed by atoms with E-state index in [4.69, 9.17) is 0 Å². The highest BCUT2D eigenvalue weighted by molar-refractivity contribution is 5.98. The molecule has 0 spiro atoms. The lowest BCUT2D eigenvalue weighted by molar-refractivity contribution is -0.121. The summed E-state index contributed by atoms with van der Waals surface area (Å²) in [6, 6.07) is 9.81. The Balaban J connectivity index is 1.20. The largest absolute Gasteiger partial charge is 0.371 e. The van der Waals surface area contributed by atoms with E-state index in [1.807, 2.05) is 23.1 Å². The van der Waals surface area contributed by atoms with E-state index in [1.165, 1.54) is 17.2 Å². The third kappa shape index (κ3) is 4.69. The molecule has 1 aliphatic heterocycles. The topological polar surface area (TPSA) is 49.4 Å². The number of rotatable bonds is 7. The summed E-state index contributed by atoms with van der Waals surface area (Å²) >= 11 is 0. The maximum absolute atomic E-state index is 13.4. The van der Waals surface area contributed by atoms with Crippen LogP contribution in [-0.4, -0.2) is 31.3 Å². The standard InChI is InChI=1S/C24H26F2N2O2/c25-21-7-6-20(13-22(21)26)28-11-10-16(15-28)14-27-24(30)9-8-23(29)19-5-4-17-2-1-3-18(17)12-19/h4-7,12-13,16H,1-3,8-11,14-15H2,(H,27,30). The van der Waals surface area contributed by atoms with E-state index in [0.29, 0.717) is 24.3 Å². The second kappa shape index (κ2) is 8.94. The molecule has 0 radical (unpaired) electrons. The number of nitrogens with one attached hydrogen (secondary N) is 1. The van der Waals surface area contributed by atoms with Gasteiger partial charge < -0.3 is 10.2 Å². The van der Waals surface area contributed by atoms with E-state index in [1.54, 1.807) is 6.07 Å². The highest BCUT2D eigenvalue weighted by Gasteiger charge is 2.24. The molecule has 1 fully saturated rings. The van der Waals surface area contributed by atoms with Crippen molar-refractivity contribution in [3.63, 3.8) is 0 Å². The fourth-order valence-electron chi connectivity index (χ4n) is 4.38. The van der Waals surface area contributed by atoms with Gasteiger partial charge in [-0.25, -0.2) is 8.78 Å². The molecule has 2 aromatic carbocycles. The molecule has 6 heteroatoms. The normalized spacial score (nSPS) is 17.8. The Morgan fingerprint density at radius 3 is 2.67 bits per heavy atom. The van der Waals surface area contributed by atoms with Crippen molar-refractivity contribution in [3.8, 4) is 0 Å². The van der Waals surface area contributed by atoms with Crippen LogP contribution in [0.5, 0.6) is 0 Å². The summed E-state index contributed by atoms with van der Waals surface area (Å²) in [4.78, 5) is 26.6. The summed E-state index contributed by atoms with van der Waals surface area (Å²) in [6.07, 6.45) is 4.50. The van der Waals surface area contributed by atoms with Gasteiger partial charge in [-0.1, -0.05) is 12.1 Å². The Labute approximate surface area is 175 Å². The van der Waals surface area contributed by atoms with E-state index < -0.39 is 11.6 Å². The van der Waals surface area contributed by atoms with E-state index in [2.05, 4.69) is 5.32 Å². The van der Waals surface area contributed by atoms with Gasteiger partial charge in [-0.05, 0) is 60.9 Å². The van der Waals surface area contributed by atoms with Gasteiger partial charge in [0.2, 0.25) is 5.91 Å². The molecule has 1 atom stereocenters. The monoisotopic (exact) mass is 412 g/mol. The van der Waals surface area contributed by atoms with E-state index >= 15 is 0 Å². The number of halogens is 2. The minimum absolute atomic E-state index is 0.00484. The van der Waals surface area contributed by atoms with Gasteiger partial charge in [-0.3, -0.25) is 9.59 Å². The molecule has 1 aliphatic carbocycles. The summed E-state index contributed by atoms with van der Waals surface area (Å²) < 4.78 is 26.5. The van der Waals surface area contributed by atoms with Gasteiger partial charge in [0.25, 0.3) is 0 Å². The van der Waals surface area contributed by atoms with Crippen LogP contribution < -0.4 is 10.2 Å². The van der Waals surface area contributed by atoms with Gasteiger partial charge in [0.1, 0.15) is 0 Å². The number of nitrogens with zero attached hydrogens (tertiary/aromatic N) is 1. The number of amides is 1. The third-order valence-electron chi connectivity index (χ3n) is 6.14. The number of carbonyl (C=O) groups is 2. The molecule has 30 heavy (non-hydrogen) atoms. The van der Waals surface area contributed by atoms with Crippen LogP contribution in [-0.2, 0) is 17.6 Å². The zero-order chi connectivity index (χ0) is 21.1. The van der Waals surface area contributed by atoms with Crippen molar-refractivity contribution >= 4 is 17.4 Å². The number of aryl methyl sites for hydroxylation is 2. The average molecular weight is 412 g/mol. The van der Waals surface area contributed by atoms with Crippen LogP contribution in [0.25, 0.3) is 0 Å². The fraction of sp³-hybridized carbons (Fsp3) is 0.417. The molecule has 1 heterocycles. The van der Waals surface area contributed by atoms with E-state index in [-0.39, 0.29) is 30.4 Å². The van der Waals surface area contributed by atoms with Crippen molar-refractivity contribution < 1.29 is 18.4 Å². The predicted octanol–water partition coefficient (Wildman–Crippen LogP) is 4.06. The van der Waals surface area contributed by atoms with Crippen LogP contribution in [0.2, 0.25) is 0 Å². The predicted molar refractivity (Wildman–Crippen MR) is 112 cm³/mol. The lowest BCUT2D eigenvalue weighted by atomic mass is 10.0. The summed E-state index contributed by atoms with van der Waals surface area (Å²) in [6.45, 7) is 1.94. The Hall–Kier alpha value is -2.76. The first-order valence-electron chi connectivity index (χ1n) is 10.6. The van der Waals surface area contributed by atoms with Gasteiger partial charge in [0.15, 0.2) is 17.4 Å². The van der Waals surface area contributed by atoms with Gasteiger partial charge in [0.05, 0.1) is 0 Å². The van der Waals surface area contributed by atoms with Gasteiger partial charge in [0, 0.05) is 49.8 Å². The van der Waals surface area contributed by atoms with Crippen molar-refractivity contribution in [3.05, 3.63) is 64.7 Å². The van der Waals surface area contributed by atoms with Crippen LogP contribution in [0.1, 0.15) is 47.2 Å². The first-order chi connectivity index (χ1) is 14.5. The maximum Gasteiger partial charge on any atom is 0.220 e. The first kappa shape index (κ1) is 20.5. The van der Waals surface area contributed by atoms with Gasteiger partial charge >= 0.3 is 0 Å². The minimum atomic E-state index is -0.851. The molecule has 0 saturated carbocycles. The average Bonchev–Trinajstić information content (AvgIpc) is 3.41. The third-order valence-corrected chi connectivity index (χ3v) is 6.14. The summed E-state index contributed by atoms with van der Waals surface area (Å²) in [7, 11) is 0. The van der Waals surface area contributed by atoms with Crippen LogP contribution >= 0.6 is 0 Å². The summed E-state index contributed by atoms with van der Waals surface area (Å²) in [5, 5.41) is 2.91. The number of anilines is 1. The van der Waals surface area contributed by atoms with Crippen LogP contribution in [0, 0.1) is 17.6 Å². The molecule has 2 aromatic rings. The zero-order valence-corrected chi connectivity index (χ0v) is 16.9. The summed E-state index contributed by atoms with van der Waals surface area (Å²) in [5.41, 5.74) is 3.94.